The molecule has 0 heterocycles. The Morgan fingerprint density at radius 3 is 2.53 bits per heavy atom. The molecule has 0 radical (unpaired) electrons. The van der Waals surface area contributed by atoms with E-state index >= 15 is 0 Å². The zero-order valence-electron chi connectivity index (χ0n) is 10.0. The number of sulfonamides is 1. The molecular formula is C13H13FN2O2S. The van der Waals surface area contributed by atoms with Crippen molar-refractivity contribution in [3.05, 3.63) is 59.9 Å². The lowest BCUT2D eigenvalue weighted by atomic mass is 10.2. The Morgan fingerprint density at radius 1 is 1.11 bits per heavy atom. The van der Waals surface area contributed by atoms with Gasteiger partial charge in [-0.2, -0.15) is 0 Å². The van der Waals surface area contributed by atoms with E-state index in [0.29, 0.717) is 12.2 Å². The van der Waals surface area contributed by atoms with Crippen molar-refractivity contribution in [2.75, 3.05) is 4.72 Å². The fraction of sp³-hybridized carbons (Fsp3) is 0.0769. The average molecular weight is 280 g/mol. The maximum absolute atomic E-state index is 13.0. The summed E-state index contributed by atoms with van der Waals surface area (Å²) in [7, 11) is -3.79. The summed E-state index contributed by atoms with van der Waals surface area (Å²) in [6, 6.07) is 11.6. The Morgan fingerprint density at radius 2 is 1.84 bits per heavy atom. The van der Waals surface area contributed by atoms with Gasteiger partial charge in [0.25, 0.3) is 10.0 Å². The number of hydrogen-bond acceptors (Lipinski definition) is 3. The van der Waals surface area contributed by atoms with Gasteiger partial charge < -0.3 is 5.73 Å². The third-order valence-corrected chi connectivity index (χ3v) is 3.90. The largest absolute Gasteiger partial charge is 0.326 e. The quantitative estimate of drug-likeness (QED) is 0.900. The van der Waals surface area contributed by atoms with E-state index in [1.54, 1.807) is 24.3 Å². The Bertz CT molecular complexity index is 687. The maximum Gasteiger partial charge on any atom is 0.261 e. The summed E-state index contributed by atoms with van der Waals surface area (Å²) in [6.45, 7) is 0.315. The highest BCUT2D eigenvalue weighted by Gasteiger charge is 2.14. The first-order valence-electron chi connectivity index (χ1n) is 5.59. The van der Waals surface area contributed by atoms with Crippen LogP contribution in [0.4, 0.5) is 10.1 Å². The summed E-state index contributed by atoms with van der Waals surface area (Å²) < 4.78 is 39.5. The van der Waals surface area contributed by atoms with Gasteiger partial charge in [0.1, 0.15) is 5.82 Å². The molecule has 6 heteroatoms. The predicted octanol–water partition coefficient (Wildman–Crippen LogP) is 2.09. The third kappa shape index (κ3) is 3.30. The van der Waals surface area contributed by atoms with Crippen molar-refractivity contribution in [2.24, 2.45) is 5.73 Å². The average Bonchev–Trinajstić information content (AvgIpc) is 2.38. The monoisotopic (exact) mass is 280 g/mol. The lowest BCUT2D eigenvalue weighted by Crippen LogP contribution is -2.13. The Balaban J connectivity index is 2.31. The molecule has 0 aliphatic heterocycles. The van der Waals surface area contributed by atoms with E-state index in [0.717, 1.165) is 11.6 Å². The van der Waals surface area contributed by atoms with Gasteiger partial charge in [-0.25, -0.2) is 12.8 Å². The molecule has 0 bridgehead atoms. The summed E-state index contributed by atoms with van der Waals surface area (Å²) in [5.74, 6) is -0.599. The van der Waals surface area contributed by atoms with E-state index in [4.69, 9.17) is 5.73 Å². The van der Waals surface area contributed by atoms with E-state index < -0.39 is 15.8 Å². The van der Waals surface area contributed by atoms with Crippen LogP contribution >= 0.6 is 0 Å². The SMILES string of the molecule is NCc1cccc(NS(=O)(=O)c2cccc(F)c2)c1. The molecule has 0 aliphatic carbocycles. The topological polar surface area (TPSA) is 72.2 Å². The van der Waals surface area contributed by atoms with Crippen molar-refractivity contribution in [1.29, 1.82) is 0 Å². The van der Waals surface area contributed by atoms with E-state index in [1.165, 1.54) is 18.2 Å². The second-order valence-corrected chi connectivity index (χ2v) is 5.65. The van der Waals surface area contributed by atoms with Crippen molar-refractivity contribution in [1.82, 2.24) is 0 Å². The summed E-state index contributed by atoms with van der Waals surface area (Å²) in [5.41, 5.74) is 6.69. The Labute approximate surface area is 111 Å². The van der Waals surface area contributed by atoms with Crippen molar-refractivity contribution >= 4 is 15.7 Å². The number of nitrogens with two attached hydrogens (primary N) is 1. The van der Waals surface area contributed by atoms with Crippen LogP contribution in [0, 0.1) is 5.82 Å². The fourth-order valence-electron chi connectivity index (χ4n) is 1.61. The van der Waals surface area contributed by atoms with Crippen LogP contribution in [-0.4, -0.2) is 8.42 Å². The molecule has 2 aromatic carbocycles. The van der Waals surface area contributed by atoms with Crippen LogP contribution < -0.4 is 10.5 Å². The Hall–Kier alpha value is -1.92. The molecule has 0 saturated heterocycles. The lowest BCUT2D eigenvalue weighted by Gasteiger charge is -2.09. The first-order valence-corrected chi connectivity index (χ1v) is 7.07. The maximum atomic E-state index is 13.0. The smallest absolute Gasteiger partial charge is 0.261 e. The molecule has 0 atom stereocenters. The van der Waals surface area contributed by atoms with Crippen LogP contribution in [0.3, 0.4) is 0 Å². The van der Waals surface area contributed by atoms with Crippen molar-refractivity contribution in [3.8, 4) is 0 Å². The highest BCUT2D eigenvalue weighted by molar-refractivity contribution is 7.92. The predicted molar refractivity (Wildman–Crippen MR) is 71.5 cm³/mol. The minimum Gasteiger partial charge on any atom is -0.326 e. The minimum atomic E-state index is -3.79. The fourth-order valence-corrected chi connectivity index (χ4v) is 2.69. The molecule has 0 fully saturated rings. The van der Waals surface area contributed by atoms with Gasteiger partial charge >= 0.3 is 0 Å². The van der Waals surface area contributed by atoms with E-state index in [9.17, 15) is 12.8 Å². The molecule has 100 valence electrons. The molecule has 19 heavy (non-hydrogen) atoms. The number of hydrogen-bond donors (Lipinski definition) is 2. The zero-order valence-corrected chi connectivity index (χ0v) is 10.8. The van der Waals surface area contributed by atoms with Crippen LogP contribution in [-0.2, 0) is 16.6 Å². The number of halogens is 1. The molecule has 0 amide bonds. The van der Waals surface area contributed by atoms with Gasteiger partial charge in [-0.05, 0) is 35.9 Å². The molecule has 0 saturated carbocycles. The normalized spacial score (nSPS) is 11.3. The van der Waals surface area contributed by atoms with Crippen molar-refractivity contribution in [2.45, 2.75) is 11.4 Å². The standard InChI is InChI=1S/C13H13FN2O2S/c14-11-4-2-6-13(8-11)19(17,18)16-12-5-1-3-10(7-12)9-15/h1-8,16H,9,15H2. The molecule has 0 aliphatic rings. The summed E-state index contributed by atoms with van der Waals surface area (Å²) in [4.78, 5) is -0.120. The second-order valence-electron chi connectivity index (χ2n) is 3.97. The van der Waals surface area contributed by atoms with Gasteiger partial charge in [0.15, 0.2) is 0 Å². The third-order valence-electron chi connectivity index (χ3n) is 2.52. The van der Waals surface area contributed by atoms with Gasteiger partial charge in [-0.1, -0.05) is 18.2 Å². The van der Waals surface area contributed by atoms with E-state index in [-0.39, 0.29) is 4.90 Å². The number of rotatable bonds is 4. The summed E-state index contributed by atoms with van der Waals surface area (Å²) in [6.07, 6.45) is 0. The summed E-state index contributed by atoms with van der Waals surface area (Å²) >= 11 is 0. The van der Waals surface area contributed by atoms with Crippen LogP contribution in [0.5, 0.6) is 0 Å². The Kier molecular flexibility index (Phi) is 3.82. The molecule has 2 rings (SSSR count). The highest BCUT2D eigenvalue weighted by Crippen LogP contribution is 2.17. The first-order chi connectivity index (χ1) is 9.01. The first kappa shape index (κ1) is 13.5. The molecule has 0 spiro atoms. The van der Waals surface area contributed by atoms with Gasteiger partial charge in [0.05, 0.1) is 4.90 Å². The minimum absolute atomic E-state index is 0.120. The molecule has 4 nitrogen and oxygen atoms in total. The van der Waals surface area contributed by atoms with E-state index in [1.807, 2.05) is 0 Å². The van der Waals surface area contributed by atoms with Gasteiger partial charge in [0, 0.05) is 12.2 Å². The van der Waals surface area contributed by atoms with Crippen molar-refractivity contribution < 1.29 is 12.8 Å². The molecular weight excluding hydrogens is 267 g/mol. The number of anilines is 1. The zero-order chi connectivity index (χ0) is 13.9. The van der Waals surface area contributed by atoms with E-state index in [2.05, 4.69) is 4.72 Å². The van der Waals surface area contributed by atoms with Crippen LogP contribution in [0.15, 0.2) is 53.4 Å². The molecule has 3 N–H and O–H groups in total. The number of benzene rings is 2. The summed E-state index contributed by atoms with van der Waals surface area (Å²) in [5, 5.41) is 0. The highest BCUT2D eigenvalue weighted by atomic mass is 32.2. The van der Waals surface area contributed by atoms with Crippen LogP contribution in [0.25, 0.3) is 0 Å². The van der Waals surface area contributed by atoms with Gasteiger partial charge in [-0.15, -0.1) is 0 Å². The van der Waals surface area contributed by atoms with Crippen LogP contribution in [0.1, 0.15) is 5.56 Å². The van der Waals surface area contributed by atoms with Gasteiger partial charge in [-0.3, -0.25) is 4.72 Å². The lowest BCUT2D eigenvalue weighted by molar-refractivity contribution is 0.595. The second kappa shape index (κ2) is 5.38. The molecule has 0 aromatic heterocycles. The molecule has 2 aromatic rings. The van der Waals surface area contributed by atoms with Gasteiger partial charge in [0.2, 0.25) is 0 Å². The van der Waals surface area contributed by atoms with Crippen molar-refractivity contribution in [3.63, 3.8) is 0 Å². The molecule has 0 unspecified atom stereocenters. The van der Waals surface area contributed by atoms with Crippen LogP contribution in [0.2, 0.25) is 0 Å². The number of nitrogens with one attached hydrogen (secondary N) is 1.